The number of aromatic nitrogens is 1. The van der Waals surface area contributed by atoms with Crippen molar-refractivity contribution in [3.8, 4) is 5.75 Å². The Morgan fingerprint density at radius 1 is 1.17 bits per heavy atom. The van der Waals surface area contributed by atoms with E-state index in [-0.39, 0.29) is 5.82 Å². The molecule has 0 spiro atoms. The van der Waals surface area contributed by atoms with Crippen LogP contribution in [0, 0.1) is 5.82 Å². The molecule has 0 fully saturated rings. The first kappa shape index (κ1) is 14.0. The van der Waals surface area contributed by atoms with Gasteiger partial charge in [-0.05, 0) is 36.2 Å². The van der Waals surface area contributed by atoms with E-state index in [4.69, 9.17) is 4.74 Å². The monoisotopic (exact) mass is 308 g/mol. The fraction of sp³-hybridized carbons (Fsp3) is 0.211. The molecule has 0 amide bonds. The molecular weight excluding hydrogens is 291 g/mol. The number of benzene rings is 2. The standard InChI is InChI=1S/C19H17FN2O/c1-23-19-4-2-3-13-12-22(10-8-15(13)19)18-7-9-21-17-11-14(20)5-6-16(17)18/h2-7,9,11H,8,10,12H2,1H3. The number of ether oxygens (including phenoxy) is 1. The summed E-state index contributed by atoms with van der Waals surface area (Å²) in [5, 5.41) is 0.986. The number of anilines is 1. The van der Waals surface area contributed by atoms with Gasteiger partial charge in [-0.25, -0.2) is 4.39 Å². The van der Waals surface area contributed by atoms with E-state index in [9.17, 15) is 4.39 Å². The van der Waals surface area contributed by atoms with E-state index in [2.05, 4.69) is 16.0 Å². The molecule has 2 heterocycles. The summed E-state index contributed by atoms with van der Waals surface area (Å²) >= 11 is 0. The maximum Gasteiger partial charge on any atom is 0.125 e. The maximum absolute atomic E-state index is 13.4. The molecule has 0 radical (unpaired) electrons. The molecule has 1 aliphatic heterocycles. The van der Waals surface area contributed by atoms with Crippen molar-refractivity contribution in [2.24, 2.45) is 0 Å². The van der Waals surface area contributed by atoms with E-state index in [1.165, 1.54) is 23.3 Å². The van der Waals surface area contributed by atoms with Gasteiger partial charge in [0.05, 0.1) is 12.6 Å². The van der Waals surface area contributed by atoms with Crippen molar-refractivity contribution in [2.75, 3.05) is 18.6 Å². The molecule has 0 N–H and O–H groups in total. The van der Waals surface area contributed by atoms with Crippen LogP contribution in [-0.2, 0) is 13.0 Å². The fourth-order valence-electron chi connectivity index (χ4n) is 3.35. The molecule has 4 rings (SSSR count). The quantitative estimate of drug-likeness (QED) is 0.717. The second-order valence-electron chi connectivity index (χ2n) is 5.76. The van der Waals surface area contributed by atoms with Crippen LogP contribution in [0.2, 0.25) is 0 Å². The average Bonchev–Trinajstić information content (AvgIpc) is 2.59. The zero-order valence-corrected chi connectivity index (χ0v) is 12.9. The van der Waals surface area contributed by atoms with Crippen LogP contribution in [0.1, 0.15) is 11.1 Å². The van der Waals surface area contributed by atoms with Gasteiger partial charge in [-0.3, -0.25) is 4.98 Å². The van der Waals surface area contributed by atoms with Crippen LogP contribution in [0.5, 0.6) is 5.75 Å². The van der Waals surface area contributed by atoms with Gasteiger partial charge < -0.3 is 9.64 Å². The predicted octanol–water partition coefficient (Wildman–Crippen LogP) is 3.95. The highest BCUT2D eigenvalue weighted by molar-refractivity contribution is 5.91. The SMILES string of the molecule is COc1cccc2c1CCN(c1ccnc3cc(F)ccc13)C2. The molecule has 1 aromatic heterocycles. The van der Waals surface area contributed by atoms with Crippen molar-refractivity contribution in [1.29, 1.82) is 0 Å². The Bertz CT molecular complexity index is 878. The van der Waals surface area contributed by atoms with Crippen molar-refractivity contribution in [1.82, 2.24) is 4.98 Å². The molecule has 0 atom stereocenters. The first-order valence-corrected chi connectivity index (χ1v) is 7.70. The number of halogens is 1. The van der Waals surface area contributed by atoms with Gasteiger partial charge in [-0.1, -0.05) is 12.1 Å². The molecule has 0 saturated heterocycles. The van der Waals surface area contributed by atoms with Crippen molar-refractivity contribution < 1.29 is 9.13 Å². The summed E-state index contributed by atoms with van der Waals surface area (Å²) in [4.78, 5) is 6.61. The third-order valence-electron chi connectivity index (χ3n) is 4.47. The minimum atomic E-state index is -0.254. The number of pyridine rings is 1. The number of nitrogens with zero attached hydrogens (tertiary/aromatic N) is 2. The Labute approximate surface area is 134 Å². The van der Waals surface area contributed by atoms with Gasteiger partial charge in [0.1, 0.15) is 11.6 Å². The predicted molar refractivity (Wildman–Crippen MR) is 89.4 cm³/mol. The normalized spacial score (nSPS) is 13.9. The molecular formula is C19H17FN2O. The van der Waals surface area contributed by atoms with Crippen molar-refractivity contribution in [3.63, 3.8) is 0 Å². The third kappa shape index (κ3) is 2.40. The smallest absolute Gasteiger partial charge is 0.125 e. The molecule has 3 nitrogen and oxygen atoms in total. The van der Waals surface area contributed by atoms with E-state index < -0.39 is 0 Å². The first-order chi connectivity index (χ1) is 11.3. The first-order valence-electron chi connectivity index (χ1n) is 7.70. The largest absolute Gasteiger partial charge is 0.496 e. The second kappa shape index (κ2) is 5.54. The van der Waals surface area contributed by atoms with Gasteiger partial charge in [0.25, 0.3) is 0 Å². The highest BCUT2D eigenvalue weighted by Crippen LogP contribution is 2.33. The van der Waals surface area contributed by atoms with E-state index in [1.54, 1.807) is 13.3 Å². The van der Waals surface area contributed by atoms with Gasteiger partial charge in [-0.2, -0.15) is 0 Å². The average molecular weight is 308 g/mol. The molecule has 0 saturated carbocycles. The lowest BCUT2D eigenvalue weighted by molar-refractivity contribution is 0.407. The molecule has 3 aromatic rings. The number of methoxy groups -OCH3 is 1. The lowest BCUT2D eigenvalue weighted by Crippen LogP contribution is -2.30. The van der Waals surface area contributed by atoms with Crippen molar-refractivity contribution in [2.45, 2.75) is 13.0 Å². The molecule has 1 aliphatic rings. The van der Waals surface area contributed by atoms with Crippen LogP contribution in [0.4, 0.5) is 10.1 Å². The van der Waals surface area contributed by atoms with Gasteiger partial charge in [0.2, 0.25) is 0 Å². The van der Waals surface area contributed by atoms with Crippen LogP contribution < -0.4 is 9.64 Å². The lowest BCUT2D eigenvalue weighted by Gasteiger charge is -2.32. The lowest BCUT2D eigenvalue weighted by atomic mass is 9.98. The molecule has 0 aliphatic carbocycles. The van der Waals surface area contributed by atoms with E-state index >= 15 is 0 Å². The summed E-state index contributed by atoms with van der Waals surface area (Å²) in [5.41, 5.74) is 4.36. The Balaban J connectivity index is 1.75. The maximum atomic E-state index is 13.4. The third-order valence-corrected chi connectivity index (χ3v) is 4.47. The van der Waals surface area contributed by atoms with Crippen molar-refractivity contribution >= 4 is 16.6 Å². The minimum Gasteiger partial charge on any atom is -0.496 e. The van der Waals surface area contributed by atoms with E-state index in [1.807, 2.05) is 24.3 Å². The summed E-state index contributed by atoms with van der Waals surface area (Å²) < 4.78 is 18.9. The summed E-state index contributed by atoms with van der Waals surface area (Å²) in [7, 11) is 1.72. The van der Waals surface area contributed by atoms with Crippen LogP contribution in [0.25, 0.3) is 10.9 Å². The zero-order valence-electron chi connectivity index (χ0n) is 12.9. The summed E-state index contributed by atoms with van der Waals surface area (Å²) in [5.74, 6) is 0.708. The summed E-state index contributed by atoms with van der Waals surface area (Å²) in [6.07, 6.45) is 2.68. The molecule has 2 aromatic carbocycles. The fourth-order valence-corrected chi connectivity index (χ4v) is 3.35. The highest BCUT2D eigenvalue weighted by atomic mass is 19.1. The van der Waals surface area contributed by atoms with Gasteiger partial charge in [-0.15, -0.1) is 0 Å². The van der Waals surface area contributed by atoms with Gasteiger partial charge in [0, 0.05) is 42.0 Å². The number of hydrogen-bond donors (Lipinski definition) is 0. The molecule has 116 valence electrons. The molecule has 0 bridgehead atoms. The number of fused-ring (bicyclic) bond motifs is 2. The van der Waals surface area contributed by atoms with Crippen LogP contribution >= 0.6 is 0 Å². The minimum absolute atomic E-state index is 0.254. The summed E-state index contributed by atoms with van der Waals surface area (Å²) in [6.45, 7) is 1.73. The molecule has 0 unspecified atom stereocenters. The van der Waals surface area contributed by atoms with Crippen LogP contribution in [0.3, 0.4) is 0 Å². The Morgan fingerprint density at radius 3 is 2.96 bits per heavy atom. The van der Waals surface area contributed by atoms with E-state index in [0.717, 1.165) is 36.3 Å². The molecule has 23 heavy (non-hydrogen) atoms. The highest BCUT2D eigenvalue weighted by Gasteiger charge is 2.20. The topological polar surface area (TPSA) is 25.4 Å². The summed E-state index contributed by atoms with van der Waals surface area (Å²) in [6, 6.07) is 13.0. The van der Waals surface area contributed by atoms with Crippen molar-refractivity contribution in [3.05, 3.63) is 65.6 Å². The van der Waals surface area contributed by atoms with Crippen LogP contribution in [0.15, 0.2) is 48.7 Å². The second-order valence-corrected chi connectivity index (χ2v) is 5.76. The van der Waals surface area contributed by atoms with Gasteiger partial charge >= 0.3 is 0 Å². The Hall–Kier alpha value is -2.62. The zero-order chi connectivity index (χ0) is 15.8. The number of rotatable bonds is 2. The van der Waals surface area contributed by atoms with E-state index in [0.29, 0.717) is 5.52 Å². The van der Waals surface area contributed by atoms with Crippen LogP contribution in [-0.4, -0.2) is 18.6 Å². The van der Waals surface area contributed by atoms with Gasteiger partial charge in [0.15, 0.2) is 0 Å². The Morgan fingerprint density at radius 2 is 2.09 bits per heavy atom. The molecule has 4 heteroatoms. The Kier molecular flexibility index (Phi) is 3.37. The number of hydrogen-bond acceptors (Lipinski definition) is 3.